The molecule has 0 unspecified atom stereocenters. The number of rotatable bonds is 3. The molecule has 15 heavy (non-hydrogen) atoms. The summed E-state index contributed by atoms with van der Waals surface area (Å²) in [5.74, 6) is -1.65. The van der Waals surface area contributed by atoms with E-state index >= 15 is 0 Å². The molecule has 0 atom stereocenters. The van der Waals surface area contributed by atoms with Gasteiger partial charge in [0.1, 0.15) is 0 Å². The normalized spacial score (nSPS) is 13.1. The largest absolute Gasteiger partial charge is 0.478 e. The highest BCUT2D eigenvalue weighted by atomic mass is 16.7. The van der Waals surface area contributed by atoms with Crippen LogP contribution in [0.2, 0.25) is 0 Å². The van der Waals surface area contributed by atoms with E-state index in [0.29, 0.717) is 0 Å². The van der Waals surface area contributed by atoms with Crippen molar-refractivity contribution in [3.05, 3.63) is 11.1 Å². The topological polar surface area (TPSA) is 75.6 Å². The van der Waals surface area contributed by atoms with E-state index in [9.17, 15) is 9.59 Å². The molecular weight excluding hydrogens is 198 g/mol. The van der Waals surface area contributed by atoms with Crippen LogP contribution in [-0.4, -0.2) is 22.6 Å². The maximum atomic E-state index is 11.4. The van der Waals surface area contributed by atoms with Gasteiger partial charge in [-0.15, -0.1) is 0 Å². The quantitative estimate of drug-likeness (QED) is 0.549. The Bertz CT molecular complexity index is 299. The van der Waals surface area contributed by atoms with Crippen LogP contribution in [0.3, 0.4) is 0 Å². The van der Waals surface area contributed by atoms with Crippen molar-refractivity contribution in [3.8, 4) is 0 Å². The van der Waals surface area contributed by atoms with Crippen LogP contribution in [0.5, 0.6) is 0 Å². The van der Waals surface area contributed by atoms with Gasteiger partial charge in [-0.1, -0.05) is 0 Å². The van der Waals surface area contributed by atoms with Crippen LogP contribution in [0.1, 0.15) is 34.6 Å². The second kappa shape index (κ2) is 4.93. The van der Waals surface area contributed by atoms with E-state index in [1.807, 2.05) is 0 Å². The zero-order valence-electron chi connectivity index (χ0n) is 9.67. The molecule has 5 nitrogen and oxygen atoms in total. The number of carbonyl (C=O) groups excluding carboxylic acids is 1. The lowest BCUT2D eigenvalue weighted by Gasteiger charge is -2.19. The molecule has 0 aliphatic rings. The summed E-state index contributed by atoms with van der Waals surface area (Å²) in [4.78, 5) is 27.0. The van der Waals surface area contributed by atoms with Crippen LogP contribution in [0.4, 0.5) is 0 Å². The summed E-state index contributed by atoms with van der Waals surface area (Å²) in [5.41, 5.74) is 1.83. The van der Waals surface area contributed by atoms with Gasteiger partial charge in [-0.3, -0.25) is 9.63 Å². The van der Waals surface area contributed by atoms with Crippen molar-refractivity contribution in [2.45, 2.75) is 40.2 Å². The van der Waals surface area contributed by atoms with E-state index < -0.39 is 17.5 Å². The van der Waals surface area contributed by atoms with Gasteiger partial charge in [0.2, 0.25) is 0 Å². The number of amides is 1. The molecule has 5 heteroatoms. The third-order valence-corrected chi connectivity index (χ3v) is 1.67. The fourth-order valence-electron chi connectivity index (χ4n) is 0.607. The van der Waals surface area contributed by atoms with Crippen molar-refractivity contribution < 1.29 is 19.5 Å². The molecule has 0 fully saturated rings. The summed E-state index contributed by atoms with van der Waals surface area (Å²) < 4.78 is 0. The minimum atomic E-state index is -1.11. The van der Waals surface area contributed by atoms with Gasteiger partial charge in [0, 0.05) is 11.1 Å². The van der Waals surface area contributed by atoms with Crippen molar-refractivity contribution in [1.82, 2.24) is 5.48 Å². The lowest BCUT2D eigenvalue weighted by molar-refractivity contribution is -0.142. The maximum Gasteiger partial charge on any atom is 0.331 e. The molecule has 0 saturated carbocycles. The lowest BCUT2D eigenvalue weighted by Crippen LogP contribution is -2.34. The number of hydrogen-bond acceptors (Lipinski definition) is 3. The minimum absolute atomic E-state index is 0.00464. The van der Waals surface area contributed by atoms with E-state index in [4.69, 9.17) is 9.94 Å². The first kappa shape index (κ1) is 13.6. The average molecular weight is 215 g/mol. The van der Waals surface area contributed by atoms with Gasteiger partial charge in [-0.2, -0.15) is 0 Å². The van der Waals surface area contributed by atoms with Crippen LogP contribution in [0.15, 0.2) is 11.1 Å². The molecule has 0 aliphatic heterocycles. The van der Waals surface area contributed by atoms with Crippen molar-refractivity contribution in [2.24, 2.45) is 0 Å². The maximum absolute atomic E-state index is 11.4. The number of hydroxylamine groups is 1. The second-order valence-electron chi connectivity index (χ2n) is 4.20. The summed E-state index contributed by atoms with van der Waals surface area (Å²) in [7, 11) is 0. The predicted octanol–water partition coefficient (Wildman–Crippen LogP) is 1.25. The Morgan fingerprint density at radius 3 is 1.93 bits per heavy atom. The predicted molar refractivity (Wildman–Crippen MR) is 55.0 cm³/mol. The van der Waals surface area contributed by atoms with Crippen LogP contribution >= 0.6 is 0 Å². The van der Waals surface area contributed by atoms with Gasteiger partial charge in [-0.05, 0) is 34.6 Å². The molecule has 0 aromatic carbocycles. The summed E-state index contributed by atoms with van der Waals surface area (Å²) in [6.07, 6.45) is 0. The highest BCUT2D eigenvalue weighted by molar-refractivity contribution is 6.00. The number of carboxylic acid groups (broad SMARTS) is 1. The second-order valence-corrected chi connectivity index (χ2v) is 4.20. The van der Waals surface area contributed by atoms with Crippen LogP contribution < -0.4 is 5.48 Å². The first-order valence-corrected chi connectivity index (χ1v) is 4.54. The molecule has 0 heterocycles. The molecule has 0 rings (SSSR count). The van der Waals surface area contributed by atoms with Gasteiger partial charge >= 0.3 is 5.97 Å². The van der Waals surface area contributed by atoms with E-state index in [1.165, 1.54) is 13.8 Å². The zero-order valence-corrected chi connectivity index (χ0v) is 9.67. The first-order chi connectivity index (χ1) is 6.65. The van der Waals surface area contributed by atoms with E-state index in [-0.39, 0.29) is 11.1 Å². The summed E-state index contributed by atoms with van der Waals surface area (Å²) in [6, 6.07) is 0. The minimum Gasteiger partial charge on any atom is -0.478 e. The van der Waals surface area contributed by atoms with Gasteiger partial charge < -0.3 is 5.11 Å². The first-order valence-electron chi connectivity index (χ1n) is 4.54. The molecule has 0 aromatic heterocycles. The molecule has 0 radical (unpaired) electrons. The fraction of sp³-hybridized carbons (Fsp3) is 0.600. The molecule has 0 spiro atoms. The third kappa shape index (κ3) is 5.17. The monoisotopic (exact) mass is 215 g/mol. The van der Waals surface area contributed by atoms with Gasteiger partial charge in [0.15, 0.2) is 0 Å². The van der Waals surface area contributed by atoms with Crippen LogP contribution in [-0.2, 0) is 14.4 Å². The highest BCUT2D eigenvalue weighted by Crippen LogP contribution is 2.07. The molecule has 0 bridgehead atoms. The molecule has 0 aromatic rings. The summed E-state index contributed by atoms with van der Waals surface area (Å²) in [5, 5.41) is 8.65. The Morgan fingerprint density at radius 1 is 1.13 bits per heavy atom. The molecule has 0 aliphatic carbocycles. The van der Waals surface area contributed by atoms with Gasteiger partial charge in [0.25, 0.3) is 5.91 Å². The van der Waals surface area contributed by atoms with Crippen molar-refractivity contribution in [3.63, 3.8) is 0 Å². The number of carboxylic acids is 1. The van der Waals surface area contributed by atoms with E-state index in [0.717, 1.165) is 0 Å². The Morgan fingerprint density at radius 2 is 1.60 bits per heavy atom. The Kier molecular flexibility index (Phi) is 4.48. The number of nitrogens with one attached hydrogen (secondary N) is 1. The molecule has 2 N–H and O–H groups in total. The molecule has 1 amide bonds. The average Bonchev–Trinajstić information content (AvgIpc) is 2.10. The van der Waals surface area contributed by atoms with Crippen molar-refractivity contribution >= 4 is 11.9 Å². The standard InChI is InChI=1S/C10H17NO4/c1-6(7(2)9(13)14)8(12)11-15-10(3,4)5/h1-5H3,(H,11,12)(H,13,14). The molecule has 0 saturated heterocycles. The van der Waals surface area contributed by atoms with E-state index in [1.54, 1.807) is 20.8 Å². The zero-order chi connectivity index (χ0) is 12.2. The molecular formula is C10H17NO4. The fourth-order valence-corrected chi connectivity index (χ4v) is 0.607. The van der Waals surface area contributed by atoms with Crippen LogP contribution in [0.25, 0.3) is 0 Å². The van der Waals surface area contributed by atoms with Gasteiger partial charge in [-0.25, -0.2) is 10.3 Å². The van der Waals surface area contributed by atoms with Crippen LogP contribution in [0, 0.1) is 0 Å². The lowest BCUT2D eigenvalue weighted by atomic mass is 10.1. The van der Waals surface area contributed by atoms with Gasteiger partial charge in [0.05, 0.1) is 5.60 Å². The molecule has 86 valence electrons. The number of hydrogen-bond donors (Lipinski definition) is 2. The Hall–Kier alpha value is -1.36. The summed E-state index contributed by atoms with van der Waals surface area (Å²) >= 11 is 0. The highest BCUT2D eigenvalue weighted by Gasteiger charge is 2.16. The smallest absolute Gasteiger partial charge is 0.331 e. The number of aliphatic carboxylic acids is 1. The number of carbonyl (C=O) groups is 2. The summed E-state index contributed by atoms with van der Waals surface area (Å²) in [6.45, 7) is 8.13. The Balaban J connectivity index is 4.48. The van der Waals surface area contributed by atoms with Crippen molar-refractivity contribution in [1.29, 1.82) is 0 Å². The third-order valence-electron chi connectivity index (χ3n) is 1.67. The Labute approximate surface area is 89.1 Å². The van der Waals surface area contributed by atoms with Crippen molar-refractivity contribution in [2.75, 3.05) is 0 Å². The SMILES string of the molecule is CC(C(=O)O)=C(C)C(=O)NOC(C)(C)C. The van der Waals surface area contributed by atoms with E-state index in [2.05, 4.69) is 5.48 Å².